The molecule has 0 radical (unpaired) electrons. The first-order valence-electron chi connectivity index (χ1n) is 4.58. The van der Waals surface area contributed by atoms with Crippen LogP contribution in [0, 0.1) is 17.8 Å². The van der Waals surface area contributed by atoms with E-state index in [1.807, 2.05) is 0 Å². The molecule has 1 heterocycles. The predicted molar refractivity (Wildman–Crippen MR) is 42.9 cm³/mol. The third-order valence-corrected chi connectivity index (χ3v) is 3.39. The molecule has 0 spiro atoms. The highest BCUT2D eigenvalue weighted by molar-refractivity contribution is 4.87. The maximum atomic E-state index is 3.44. The number of hydrogen-bond donors (Lipinski definition) is 1. The van der Waals surface area contributed by atoms with E-state index in [4.69, 9.17) is 0 Å². The van der Waals surface area contributed by atoms with Crippen molar-refractivity contribution in [2.45, 2.75) is 26.2 Å². The Balaban J connectivity index is 1.86. The summed E-state index contributed by atoms with van der Waals surface area (Å²) in [4.78, 5) is 0. The van der Waals surface area contributed by atoms with Gasteiger partial charge in [-0.15, -0.1) is 0 Å². The molecule has 1 nitrogen and oxygen atoms in total. The summed E-state index contributed by atoms with van der Waals surface area (Å²) in [5.74, 6) is 3.14. The molecular weight excluding hydrogens is 122 g/mol. The molecule has 1 saturated carbocycles. The zero-order chi connectivity index (χ0) is 6.97. The van der Waals surface area contributed by atoms with Crippen molar-refractivity contribution in [1.29, 1.82) is 0 Å². The SMILES string of the molecule is CC1CCC1[C@@H]1CCNC1. The van der Waals surface area contributed by atoms with Gasteiger partial charge in [0, 0.05) is 0 Å². The van der Waals surface area contributed by atoms with E-state index in [0.29, 0.717) is 0 Å². The molecule has 0 aromatic rings. The maximum Gasteiger partial charge on any atom is -0.00173 e. The first-order chi connectivity index (χ1) is 4.88. The van der Waals surface area contributed by atoms with Crippen molar-refractivity contribution in [2.24, 2.45) is 17.8 Å². The highest BCUT2D eigenvalue weighted by Gasteiger charge is 2.34. The molecule has 2 aliphatic rings. The van der Waals surface area contributed by atoms with E-state index in [2.05, 4.69) is 12.2 Å². The van der Waals surface area contributed by atoms with Gasteiger partial charge in [-0.05, 0) is 43.7 Å². The molecule has 10 heavy (non-hydrogen) atoms. The van der Waals surface area contributed by atoms with Crippen LogP contribution in [0.4, 0.5) is 0 Å². The average Bonchev–Trinajstić information content (AvgIpc) is 2.37. The van der Waals surface area contributed by atoms with Crippen LogP contribution in [0.3, 0.4) is 0 Å². The van der Waals surface area contributed by atoms with Gasteiger partial charge in [-0.1, -0.05) is 13.3 Å². The van der Waals surface area contributed by atoms with Crippen LogP contribution in [0.5, 0.6) is 0 Å². The Morgan fingerprint density at radius 2 is 2.10 bits per heavy atom. The molecule has 1 heteroatoms. The van der Waals surface area contributed by atoms with Crippen molar-refractivity contribution in [3.63, 3.8) is 0 Å². The second-order valence-corrected chi connectivity index (χ2v) is 3.97. The normalized spacial score (nSPS) is 47.1. The van der Waals surface area contributed by atoms with Crippen molar-refractivity contribution in [3.05, 3.63) is 0 Å². The highest BCUT2D eigenvalue weighted by Crippen LogP contribution is 2.41. The van der Waals surface area contributed by atoms with Gasteiger partial charge in [0.25, 0.3) is 0 Å². The summed E-state index contributed by atoms with van der Waals surface area (Å²) in [6.07, 6.45) is 4.43. The Kier molecular flexibility index (Phi) is 1.69. The monoisotopic (exact) mass is 139 g/mol. The van der Waals surface area contributed by atoms with Gasteiger partial charge < -0.3 is 5.32 Å². The summed E-state index contributed by atoms with van der Waals surface area (Å²) >= 11 is 0. The average molecular weight is 139 g/mol. The largest absolute Gasteiger partial charge is 0.316 e. The van der Waals surface area contributed by atoms with Crippen LogP contribution in [-0.4, -0.2) is 13.1 Å². The van der Waals surface area contributed by atoms with Gasteiger partial charge >= 0.3 is 0 Å². The van der Waals surface area contributed by atoms with Crippen molar-refractivity contribution >= 4 is 0 Å². The molecule has 58 valence electrons. The Labute approximate surface area is 63.2 Å². The number of nitrogens with one attached hydrogen (secondary N) is 1. The molecule has 2 rings (SSSR count). The fourth-order valence-corrected chi connectivity index (χ4v) is 2.44. The van der Waals surface area contributed by atoms with Gasteiger partial charge in [0.15, 0.2) is 0 Å². The second kappa shape index (κ2) is 2.54. The molecule has 0 bridgehead atoms. The molecule has 1 aliphatic carbocycles. The second-order valence-electron chi connectivity index (χ2n) is 3.97. The van der Waals surface area contributed by atoms with E-state index >= 15 is 0 Å². The van der Waals surface area contributed by atoms with Crippen molar-refractivity contribution < 1.29 is 0 Å². The smallest absolute Gasteiger partial charge is 0.00173 e. The molecular formula is C9H17N. The molecule has 1 aliphatic heterocycles. The van der Waals surface area contributed by atoms with E-state index in [-0.39, 0.29) is 0 Å². The summed E-state index contributed by atoms with van der Waals surface area (Å²) in [5, 5.41) is 3.44. The lowest BCUT2D eigenvalue weighted by Gasteiger charge is -2.38. The zero-order valence-electron chi connectivity index (χ0n) is 6.77. The van der Waals surface area contributed by atoms with E-state index < -0.39 is 0 Å². The third kappa shape index (κ3) is 0.968. The van der Waals surface area contributed by atoms with Gasteiger partial charge in [-0.25, -0.2) is 0 Å². The van der Waals surface area contributed by atoms with Gasteiger partial charge in [-0.3, -0.25) is 0 Å². The Bertz CT molecular complexity index is 116. The van der Waals surface area contributed by atoms with Crippen LogP contribution in [0.25, 0.3) is 0 Å². The maximum absolute atomic E-state index is 3.44. The van der Waals surface area contributed by atoms with E-state index in [1.165, 1.54) is 32.4 Å². The summed E-state index contributed by atoms with van der Waals surface area (Å²) < 4.78 is 0. The van der Waals surface area contributed by atoms with E-state index in [0.717, 1.165) is 17.8 Å². The summed E-state index contributed by atoms with van der Waals surface area (Å²) in [5.41, 5.74) is 0. The zero-order valence-corrected chi connectivity index (χ0v) is 6.77. The van der Waals surface area contributed by atoms with Crippen LogP contribution in [0.2, 0.25) is 0 Å². The van der Waals surface area contributed by atoms with Crippen LogP contribution in [0.1, 0.15) is 26.2 Å². The molecule has 2 fully saturated rings. The summed E-state index contributed by atoms with van der Waals surface area (Å²) in [7, 11) is 0. The minimum Gasteiger partial charge on any atom is -0.316 e. The molecule has 1 saturated heterocycles. The number of rotatable bonds is 1. The highest BCUT2D eigenvalue weighted by atomic mass is 14.9. The van der Waals surface area contributed by atoms with Crippen molar-refractivity contribution in [1.82, 2.24) is 5.32 Å². The Hall–Kier alpha value is -0.0400. The molecule has 0 amide bonds. The van der Waals surface area contributed by atoms with Crippen LogP contribution in [0.15, 0.2) is 0 Å². The predicted octanol–water partition coefficient (Wildman–Crippen LogP) is 1.64. The Morgan fingerprint density at radius 1 is 1.20 bits per heavy atom. The van der Waals surface area contributed by atoms with Crippen LogP contribution in [-0.2, 0) is 0 Å². The summed E-state index contributed by atoms with van der Waals surface area (Å²) in [6, 6.07) is 0. The lowest BCUT2D eigenvalue weighted by molar-refractivity contribution is 0.129. The quantitative estimate of drug-likeness (QED) is 0.582. The lowest BCUT2D eigenvalue weighted by Crippen LogP contribution is -2.31. The lowest BCUT2D eigenvalue weighted by atomic mass is 9.68. The van der Waals surface area contributed by atoms with Gasteiger partial charge in [0.1, 0.15) is 0 Å². The van der Waals surface area contributed by atoms with Crippen LogP contribution >= 0.6 is 0 Å². The first-order valence-corrected chi connectivity index (χ1v) is 4.58. The molecule has 3 atom stereocenters. The number of hydrogen-bond acceptors (Lipinski definition) is 1. The van der Waals surface area contributed by atoms with Crippen molar-refractivity contribution in [3.8, 4) is 0 Å². The standard InChI is InChI=1S/C9H17N/c1-7-2-3-9(7)8-4-5-10-6-8/h7-10H,2-6H2,1H3/t7?,8-,9?/m1/s1. The van der Waals surface area contributed by atoms with Gasteiger partial charge in [0.2, 0.25) is 0 Å². The van der Waals surface area contributed by atoms with Crippen molar-refractivity contribution in [2.75, 3.05) is 13.1 Å². The minimum absolute atomic E-state index is 1.03. The minimum atomic E-state index is 1.03. The fraction of sp³-hybridized carbons (Fsp3) is 1.00. The molecule has 1 N–H and O–H groups in total. The van der Waals surface area contributed by atoms with Gasteiger partial charge in [0.05, 0.1) is 0 Å². The summed E-state index contributed by atoms with van der Waals surface area (Å²) in [6.45, 7) is 4.98. The molecule has 0 aromatic heterocycles. The molecule has 2 unspecified atom stereocenters. The Morgan fingerprint density at radius 3 is 2.50 bits per heavy atom. The van der Waals surface area contributed by atoms with Crippen LogP contribution < -0.4 is 5.32 Å². The fourth-order valence-electron chi connectivity index (χ4n) is 2.44. The van der Waals surface area contributed by atoms with Gasteiger partial charge in [-0.2, -0.15) is 0 Å². The third-order valence-electron chi connectivity index (χ3n) is 3.39. The van der Waals surface area contributed by atoms with E-state index in [1.54, 1.807) is 0 Å². The molecule has 0 aromatic carbocycles. The van der Waals surface area contributed by atoms with E-state index in [9.17, 15) is 0 Å². The topological polar surface area (TPSA) is 12.0 Å². The first kappa shape index (κ1) is 6.66.